The Bertz CT molecular complexity index is 581. The molecule has 0 amide bonds. The number of nitrogens with zero attached hydrogens (tertiary/aromatic N) is 3. The molecule has 1 atom stereocenters. The summed E-state index contributed by atoms with van der Waals surface area (Å²) < 4.78 is 0. The maximum absolute atomic E-state index is 6.07. The first-order valence-electron chi connectivity index (χ1n) is 6.25. The first-order chi connectivity index (χ1) is 8.72. The number of rotatable bonds is 2. The summed E-state index contributed by atoms with van der Waals surface area (Å²) in [5.41, 5.74) is 1.31. The zero-order chi connectivity index (χ0) is 12.7. The van der Waals surface area contributed by atoms with Gasteiger partial charge in [0, 0.05) is 23.3 Å². The highest BCUT2D eigenvalue weighted by Gasteiger charge is 2.27. The summed E-state index contributed by atoms with van der Waals surface area (Å²) >= 11 is 7.82. The van der Waals surface area contributed by atoms with Crippen molar-refractivity contribution in [3.8, 4) is 0 Å². The standard InChI is InChI=1S/C13H16ClN3S/c1-8-9(2)18-13-11(8)12(15-7-16-13)17-5-3-4-10(17)6-14/h7,10H,3-6H2,1-2H3. The fraction of sp³-hybridized carbons (Fsp3) is 0.538. The Hall–Kier alpha value is -0.870. The molecule has 3 heterocycles. The summed E-state index contributed by atoms with van der Waals surface area (Å²) in [5, 5.41) is 1.22. The quantitative estimate of drug-likeness (QED) is 0.789. The van der Waals surface area contributed by atoms with E-state index in [9.17, 15) is 0 Å². The number of aromatic nitrogens is 2. The zero-order valence-electron chi connectivity index (χ0n) is 10.6. The van der Waals surface area contributed by atoms with E-state index in [1.165, 1.54) is 22.2 Å². The van der Waals surface area contributed by atoms with Gasteiger partial charge in [0.25, 0.3) is 0 Å². The highest BCUT2D eigenvalue weighted by molar-refractivity contribution is 7.18. The number of thiophene rings is 1. The molecule has 0 aromatic carbocycles. The third-order valence-corrected chi connectivity index (χ3v) is 5.24. The molecular weight excluding hydrogens is 266 g/mol. The van der Waals surface area contributed by atoms with Gasteiger partial charge in [0.15, 0.2) is 0 Å². The van der Waals surface area contributed by atoms with Gasteiger partial charge in [-0.25, -0.2) is 9.97 Å². The summed E-state index contributed by atoms with van der Waals surface area (Å²) in [6.45, 7) is 5.36. The molecule has 0 saturated carbocycles. The smallest absolute Gasteiger partial charge is 0.141 e. The first kappa shape index (κ1) is 12.2. The van der Waals surface area contributed by atoms with Crippen LogP contribution in [0.25, 0.3) is 10.2 Å². The lowest BCUT2D eigenvalue weighted by atomic mass is 10.2. The molecule has 5 heteroatoms. The summed E-state index contributed by atoms with van der Waals surface area (Å²) in [7, 11) is 0. The molecule has 96 valence electrons. The van der Waals surface area contributed by atoms with Gasteiger partial charge in [-0.1, -0.05) is 0 Å². The number of hydrogen-bond donors (Lipinski definition) is 0. The van der Waals surface area contributed by atoms with Gasteiger partial charge in [-0.3, -0.25) is 0 Å². The van der Waals surface area contributed by atoms with Gasteiger partial charge >= 0.3 is 0 Å². The molecular formula is C13H16ClN3S. The van der Waals surface area contributed by atoms with Crippen LogP contribution in [0.4, 0.5) is 5.82 Å². The minimum Gasteiger partial charge on any atom is -0.352 e. The lowest BCUT2D eigenvalue weighted by Gasteiger charge is -2.24. The van der Waals surface area contributed by atoms with Gasteiger partial charge in [0.1, 0.15) is 17.0 Å². The highest BCUT2D eigenvalue weighted by atomic mass is 35.5. The first-order valence-corrected chi connectivity index (χ1v) is 7.60. The summed E-state index contributed by atoms with van der Waals surface area (Å²) in [6, 6.07) is 0.421. The van der Waals surface area contributed by atoms with E-state index in [1.54, 1.807) is 17.7 Å². The van der Waals surface area contributed by atoms with E-state index >= 15 is 0 Å². The van der Waals surface area contributed by atoms with Crippen LogP contribution in [0.2, 0.25) is 0 Å². The minimum absolute atomic E-state index is 0.421. The molecule has 3 rings (SSSR count). The van der Waals surface area contributed by atoms with Gasteiger partial charge in [0.2, 0.25) is 0 Å². The zero-order valence-corrected chi connectivity index (χ0v) is 12.2. The number of alkyl halides is 1. The maximum Gasteiger partial charge on any atom is 0.141 e. The van der Waals surface area contributed by atoms with Gasteiger partial charge in [0.05, 0.1) is 5.39 Å². The van der Waals surface area contributed by atoms with Crippen LogP contribution in [-0.2, 0) is 0 Å². The van der Waals surface area contributed by atoms with E-state index in [-0.39, 0.29) is 0 Å². The Morgan fingerprint density at radius 1 is 1.44 bits per heavy atom. The normalized spacial score (nSPS) is 19.9. The van der Waals surface area contributed by atoms with Crippen molar-refractivity contribution in [1.82, 2.24) is 9.97 Å². The second-order valence-electron chi connectivity index (χ2n) is 4.80. The number of halogens is 1. The topological polar surface area (TPSA) is 29.0 Å². The molecule has 1 unspecified atom stereocenters. The largest absolute Gasteiger partial charge is 0.352 e. The molecule has 0 bridgehead atoms. The Labute approximate surface area is 116 Å². The molecule has 2 aromatic heterocycles. The van der Waals surface area contributed by atoms with Crippen molar-refractivity contribution in [1.29, 1.82) is 0 Å². The van der Waals surface area contributed by atoms with Crippen LogP contribution in [0.3, 0.4) is 0 Å². The fourth-order valence-electron chi connectivity index (χ4n) is 2.66. The van der Waals surface area contributed by atoms with Crippen molar-refractivity contribution in [2.75, 3.05) is 17.3 Å². The van der Waals surface area contributed by atoms with Crippen LogP contribution in [0, 0.1) is 13.8 Å². The van der Waals surface area contributed by atoms with Crippen LogP contribution in [0.5, 0.6) is 0 Å². The van der Waals surface area contributed by atoms with Crippen LogP contribution < -0.4 is 4.90 Å². The van der Waals surface area contributed by atoms with E-state index in [4.69, 9.17) is 11.6 Å². The average Bonchev–Trinajstić information content (AvgIpc) is 2.95. The number of anilines is 1. The van der Waals surface area contributed by atoms with Crippen molar-refractivity contribution in [2.45, 2.75) is 32.7 Å². The lowest BCUT2D eigenvalue weighted by Crippen LogP contribution is -2.31. The molecule has 3 nitrogen and oxygen atoms in total. The molecule has 0 aliphatic carbocycles. The SMILES string of the molecule is Cc1sc2ncnc(N3CCCC3CCl)c2c1C. The van der Waals surface area contributed by atoms with Crippen molar-refractivity contribution in [2.24, 2.45) is 0 Å². The number of fused-ring (bicyclic) bond motifs is 1. The third-order valence-electron chi connectivity index (χ3n) is 3.77. The minimum atomic E-state index is 0.421. The molecule has 1 aliphatic rings. The molecule has 1 saturated heterocycles. The van der Waals surface area contributed by atoms with Crippen molar-refractivity contribution >= 4 is 39.0 Å². The monoisotopic (exact) mass is 281 g/mol. The van der Waals surface area contributed by atoms with Crippen molar-refractivity contribution in [3.63, 3.8) is 0 Å². The number of hydrogen-bond acceptors (Lipinski definition) is 4. The lowest BCUT2D eigenvalue weighted by molar-refractivity contribution is 0.735. The predicted octanol–water partition coefficient (Wildman–Crippen LogP) is 3.52. The van der Waals surface area contributed by atoms with E-state index < -0.39 is 0 Å². The second-order valence-corrected chi connectivity index (χ2v) is 6.32. The average molecular weight is 282 g/mol. The van der Waals surface area contributed by atoms with Crippen LogP contribution in [-0.4, -0.2) is 28.4 Å². The van der Waals surface area contributed by atoms with E-state index in [0.29, 0.717) is 11.9 Å². The molecule has 0 radical (unpaired) electrons. The molecule has 18 heavy (non-hydrogen) atoms. The van der Waals surface area contributed by atoms with E-state index in [2.05, 4.69) is 28.7 Å². The third kappa shape index (κ3) is 1.79. The van der Waals surface area contributed by atoms with Gasteiger partial charge in [-0.2, -0.15) is 0 Å². The Kier molecular flexibility index (Phi) is 3.16. The van der Waals surface area contributed by atoms with E-state index in [1.807, 2.05) is 0 Å². The molecule has 1 fully saturated rings. The predicted molar refractivity (Wildman–Crippen MR) is 78.0 cm³/mol. The van der Waals surface area contributed by atoms with Gasteiger partial charge < -0.3 is 4.90 Å². The van der Waals surface area contributed by atoms with Gasteiger partial charge in [-0.05, 0) is 32.3 Å². The van der Waals surface area contributed by atoms with Crippen molar-refractivity contribution < 1.29 is 0 Å². The van der Waals surface area contributed by atoms with Crippen LogP contribution >= 0.6 is 22.9 Å². The Morgan fingerprint density at radius 3 is 3.06 bits per heavy atom. The molecule has 0 N–H and O–H groups in total. The Morgan fingerprint density at radius 2 is 2.28 bits per heavy atom. The molecule has 0 spiro atoms. The summed E-state index contributed by atoms with van der Waals surface area (Å²) in [4.78, 5) is 13.7. The Balaban J connectivity index is 2.16. The highest BCUT2D eigenvalue weighted by Crippen LogP contribution is 2.36. The van der Waals surface area contributed by atoms with Crippen molar-refractivity contribution in [3.05, 3.63) is 16.8 Å². The maximum atomic E-state index is 6.07. The molecule has 1 aliphatic heterocycles. The molecule has 2 aromatic rings. The summed E-state index contributed by atoms with van der Waals surface area (Å²) in [6.07, 6.45) is 4.04. The van der Waals surface area contributed by atoms with Gasteiger partial charge in [-0.15, -0.1) is 22.9 Å². The number of aryl methyl sites for hydroxylation is 2. The summed E-state index contributed by atoms with van der Waals surface area (Å²) in [5.74, 6) is 1.75. The fourth-order valence-corrected chi connectivity index (χ4v) is 3.97. The van der Waals surface area contributed by atoms with E-state index in [0.717, 1.165) is 23.6 Å². The second kappa shape index (κ2) is 4.67. The van der Waals surface area contributed by atoms with Crippen LogP contribution in [0.15, 0.2) is 6.33 Å². The van der Waals surface area contributed by atoms with Crippen LogP contribution in [0.1, 0.15) is 23.3 Å².